The zero-order chi connectivity index (χ0) is 14.0. The lowest BCUT2D eigenvalue weighted by Gasteiger charge is -2.07. The van der Waals surface area contributed by atoms with E-state index < -0.39 is 9.84 Å². The molecule has 0 saturated heterocycles. The van der Waals surface area contributed by atoms with Crippen LogP contribution in [0.25, 0.3) is 11.0 Å². The van der Waals surface area contributed by atoms with Crippen LogP contribution in [0.2, 0.25) is 0 Å². The van der Waals surface area contributed by atoms with Crippen LogP contribution in [-0.4, -0.2) is 35.9 Å². The largest absolute Gasteiger partial charge is 0.327 e. The number of rotatable bonds is 5. The van der Waals surface area contributed by atoms with E-state index >= 15 is 0 Å². The molecule has 0 spiro atoms. The third-order valence-electron chi connectivity index (χ3n) is 2.79. The maximum absolute atomic E-state index is 13.2. The quantitative estimate of drug-likeness (QED) is 0.794. The normalized spacial score (nSPS) is 12.2. The Hall–Kier alpha value is -1.14. The highest BCUT2D eigenvalue weighted by molar-refractivity contribution is 7.90. The fourth-order valence-corrected chi connectivity index (χ4v) is 2.62. The van der Waals surface area contributed by atoms with Crippen LogP contribution < -0.4 is 0 Å². The molecule has 104 valence electrons. The summed E-state index contributed by atoms with van der Waals surface area (Å²) >= 11 is 5.71. The summed E-state index contributed by atoms with van der Waals surface area (Å²) in [5, 5.41) is 0. The number of aryl methyl sites for hydroxylation is 2. The van der Waals surface area contributed by atoms with Gasteiger partial charge in [0, 0.05) is 31.2 Å². The summed E-state index contributed by atoms with van der Waals surface area (Å²) < 4.78 is 37.5. The molecule has 1 heterocycles. The molecule has 0 amide bonds. The fraction of sp³-hybridized carbons (Fsp3) is 0.417. The second-order valence-corrected chi connectivity index (χ2v) is 7.02. The SMILES string of the molecule is CS(=O)(=O)CCn1c(CCCl)nc2cc(F)ccc21. The summed E-state index contributed by atoms with van der Waals surface area (Å²) in [6, 6.07) is 4.28. The Morgan fingerprint density at radius 2 is 2.16 bits per heavy atom. The van der Waals surface area contributed by atoms with Crippen LogP contribution in [0.3, 0.4) is 0 Å². The number of hydrogen-bond donors (Lipinski definition) is 0. The lowest BCUT2D eigenvalue weighted by molar-refractivity contribution is 0.593. The third-order valence-corrected chi connectivity index (χ3v) is 3.91. The van der Waals surface area contributed by atoms with Gasteiger partial charge in [-0.25, -0.2) is 17.8 Å². The van der Waals surface area contributed by atoms with Crippen molar-refractivity contribution in [2.24, 2.45) is 0 Å². The van der Waals surface area contributed by atoms with Crippen LogP contribution in [0, 0.1) is 5.82 Å². The van der Waals surface area contributed by atoms with Gasteiger partial charge in [0.25, 0.3) is 0 Å². The van der Waals surface area contributed by atoms with Gasteiger partial charge in [-0.3, -0.25) is 0 Å². The van der Waals surface area contributed by atoms with E-state index in [1.165, 1.54) is 18.4 Å². The van der Waals surface area contributed by atoms with Crippen LogP contribution in [0.1, 0.15) is 5.82 Å². The Morgan fingerprint density at radius 1 is 1.42 bits per heavy atom. The minimum Gasteiger partial charge on any atom is -0.327 e. The standard InChI is InChI=1S/C12H14ClFN2O2S/c1-19(17,18)7-6-16-11-3-2-9(14)8-10(11)15-12(16)4-5-13/h2-3,8H,4-7H2,1H3. The molecular formula is C12H14ClFN2O2S. The Morgan fingerprint density at radius 3 is 2.79 bits per heavy atom. The number of fused-ring (bicyclic) bond motifs is 1. The van der Waals surface area contributed by atoms with Crippen molar-refractivity contribution in [3.05, 3.63) is 29.8 Å². The van der Waals surface area contributed by atoms with E-state index in [1.807, 2.05) is 0 Å². The van der Waals surface area contributed by atoms with Gasteiger partial charge in [0.05, 0.1) is 16.8 Å². The minimum atomic E-state index is -3.06. The predicted molar refractivity (Wildman–Crippen MR) is 73.8 cm³/mol. The summed E-state index contributed by atoms with van der Waals surface area (Å²) in [5.41, 5.74) is 1.25. The average Bonchev–Trinajstić information content (AvgIpc) is 2.62. The fourth-order valence-electron chi connectivity index (χ4n) is 1.93. The van der Waals surface area contributed by atoms with Gasteiger partial charge in [-0.05, 0) is 12.1 Å². The number of aromatic nitrogens is 2. The molecule has 2 aromatic rings. The Kier molecular flexibility index (Phi) is 4.10. The summed E-state index contributed by atoms with van der Waals surface area (Å²) in [4.78, 5) is 4.31. The van der Waals surface area contributed by atoms with Crippen LogP contribution in [0.15, 0.2) is 18.2 Å². The van der Waals surface area contributed by atoms with Crippen molar-refractivity contribution in [1.29, 1.82) is 0 Å². The van der Waals surface area contributed by atoms with Gasteiger partial charge in [0.2, 0.25) is 0 Å². The second-order valence-electron chi connectivity index (χ2n) is 4.38. The molecule has 0 saturated carbocycles. The van der Waals surface area contributed by atoms with Gasteiger partial charge in [-0.15, -0.1) is 11.6 Å². The number of imidazole rings is 1. The number of sulfone groups is 1. The first-order chi connectivity index (χ1) is 8.90. The molecule has 0 radical (unpaired) electrons. The minimum absolute atomic E-state index is 0.0190. The highest BCUT2D eigenvalue weighted by Gasteiger charge is 2.13. The average molecular weight is 305 g/mol. The summed E-state index contributed by atoms with van der Waals surface area (Å²) in [7, 11) is -3.06. The van der Waals surface area contributed by atoms with Crippen molar-refractivity contribution in [2.75, 3.05) is 17.9 Å². The first-order valence-electron chi connectivity index (χ1n) is 5.79. The lowest BCUT2D eigenvalue weighted by Crippen LogP contribution is -2.13. The monoisotopic (exact) mass is 304 g/mol. The Labute approximate surface area is 116 Å². The molecule has 1 aromatic heterocycles. The first kappa shape index (κ1) is 14.3. The molecule has 0 aliphatic rings. The van der Waals surface area contributed by atoms with E-state index in [-0.39, 0.29) is 11.6 Å². The topological polar surface area (TPSA) is 52.0 Å². The van der Waals surface area contributed by atoms with Gasteiger partial charge in [-0.2, -0.15) is 0 Å². The van der Waals surface area contributed by atoms with E-state index in [2.05, 4.69) is 4.98 Å². The molecule has 4 nitrogen and oxygen atoms in total. The molecule has 1 aromatic carbocycles. The summed E-state index contributed by atoms with van der Waals surface area (Å²) in [5.74, 6) is 0.715. The van der Waals surface area contributed by atoms with Crippen LogP contribution in [-0.2, 0) is 22.8 Å². The number of benzene rings is 1. The number of alkyl halides is 1. The summed E-state index contributed by atoms with van der Waals surface area (Å²) in [6.07, 6.45) is 1.70. The maximum Gasteiger partial charge on any atom is 0.149 e. The smallest absolute Gasteiger partial charge is 0.149 e. The molecule has 0 aliphatic carbocycles. The number of hydrogen-bond acceptors (Lipinski definition) is 3. The predicted octanol–water partition coefficient (Wildman–Crippen LogP) is 2.00. The van der Waals surface area contributed by atoms with Crippen LogP contribution in [0.4, 0.5) is 4.39 Å². The molecule has 0 N–H and O–H groups in total. The zero-order valence-electron chi connectivity index (χ0n) is 10.4. The highest BCUT2D eigenvalue weighted by atomic mass is 35.5. The number of nitrogens with zero attached hydrogens (tertiary/aromatic N) is 2. The van der Waals surface area contributed by atoms with Gasteiger partial charge >= 0.3 is 0 Å². The number of halogens is 2. The molecule has 0 atom stereocenters. The van der Waals surface area contributed by atoms with Gasteiger partial charge in [0.1, 0.15) is 21.5 Å². The van der Waals surface area contributed by atoms with Crippen molar-refractivity contribution in [2.45, 2.75) is 13.0 Å². The van der Waals surface area contributed by atoms with E-state index in [0.29, 0.717) is 30.2 Å². The zero-order valence-corrected chi connectivity index (χ0v) is 12.0. The van der Waals surface area contributed by atoms with Gasteiger partial charge in [0.15, 0.2) is 0 Å². The van der Waals surface area contributed by atoms with Crippen molar-refractivity contribution in [3.63, 3.8) is 0 Å². The van der Waals surface area contributed by atoms with E-state index in [1.54, 1.807) is 10.6 Å². The molecule has 0 bridgehead atoms. The van der Waals surface area contributed by atoms with Crippen LogP contribution >= 0.6 is 11.6 Å². The van der Waals surface area contributed by atoms with Crippen molar-refractivity contribution in [1.82, 2.24) is 9.55 Å². The summed E-state index contributed by atoms with van der Waals surface area (Å²) in [6.45, 7) is 0.299. The van der Waals surface area contributed by atoms with Gasteiger partial charge < -0.3 is 4.57 Å². The molecule has 0 aliphatic heterocycles. The molecule has 7 heteroatoms. The van der Waals surface area contributed by atoms with Crippen LogP contribution in [0.5, 0.6) is 0 Å². The van der Waals surface area contributed by atoms with E-state index in [4.69, 9.17) is 11.6 Å². The van der Waals surface area contributed by atoms with Crippen molar-refractivity contribution >= 4 is 32.5 Å². The Balaban J connectivity index is 2.45. The van der Waals surface area contributed by atoms with Gasteiger partial charge in [-0.1, -0.05) is 0 Å². The lowest BCUT2D eigenvalue weighted by atomic mass is 10.3. The third kappa shape index (κ3) is 3.45. The molecule has 19 heavy (non-hydrogen) atoms. The van der Waals surface area contributed by atoms with Crippen molar-refractivity contribution in [3.8, 4) is 0 Å². The highest BCUT2D eigenvalue weighted by Crippen LogP contribution is 2.18. The molecule has 0 fully saturated rings. The van der Waals surface area contributed by atoms with Crippen molar-refractivity contribution < 1.29 is 12.8 Å². The molecule has 2 rings (SSSR count). The van der Waals surface area contributed by atoms with E-state index in [9.17, 15) is 12.8 Å². The first-order valence-corrected chi connectivity index (χ1v) is 8.38. The van der Waals surface area contributed by atoms with E-state index in [0.717, 1.165) is 5.52 Å². The maximum atomic E-state index is 13.2. The molecule has 0 unspecified atom stereocenters. The molecular weight excluding hydrogens is 291 g/mol. The Bertz CT molecular complexity index is 697. The second kappa shape index (κ2) is 5.46.